The first kappa shape index (κ1) is 13.0. The fraction of sp³-hybridized carbons (Fsp3) is 0.333. The number of aromatic nitrogens is 3. The number of halogens is 2. The summed E-state index contributed by atoms with van der Waals surface area (Å²) in [5.74, 6) is -0.340. The first-order valence-corrected chi connectivity index (χ1v) is 6.00. The van der Waals surface area contributed by atoms with Crippen LogP contribution < -0.4 is 0 Å². The average molecular weight is 270 g/mol. The van der Waals surface area contributed by atoms with Crippen molar-refractivity contribution in [3.63, 3.8) is 0 Å². The summed E-state index contributed by atoms with van der Waals surface area (Å²) in [6.45, 7) is 2.08. The molecule has 0 fully saturated rings. The molecule has 0 saturated carbocycles. The molecule has 0 aliphatic rings. The largest absolute Gasteiger partial charge is 0.387 e. The lowest BCUT2D eigenvalue weighted by Gasteiger charge is -2.03. The molecule has 0 amide bonds. The van der Waals surface area contributed by atoms with E-state index in [9.17, 15) is 9.50 Å². The first-order chi connectivity index (χ1) is 8.60. The van der Waals surface area contributed by atoms with Gasteiger partial charge in [0, 0.05) is 10.6 Å². The fourth-order valence-electron chi connectivity index (χ4n) is 1.59. The predicted molar refractivity (Wildman–Crippen MR) is 65.8 cm³/mol. The summed E-state index contributed by atoms with van der Waals surface area (Å²) in [5.41, 5.74) is 0.921. The van der Waals surface area contributed by atoms with Gasteiger partial charge in [-0.3, -0.25) is 0 Å². The summed E-state index contributed by atoms with van der Waals surface area (Å²) < 4.78 is 15.0. The molecule has 0 aliphatic heterocycles. The van der Waals surface area contributed by atoms with Crippen molar-refractivity contribution in [2.75, 3.05) is 0 Å². The van der Waals surface area contributed by atoms with Gasteiger partial charge in [0.1, 0.15) is 11.5 Å². The molecule has 2 aromatic rings. The lowest BCUT2D eigenvalue weighted by Crippen LogP contribution is -2.02. The van der Waals surface area contributed by atoms with Gasteiger partial charge in [0.2, 0.25) is 0 Å². The summed E-state index contributed by atoms with van der Waals surface area (Å²) in [6.07, 6.45) is 1.53. The number of rotatable bonds is 4. The minimum atomic E-state index is -0.636. The molecule has 2 rings (SSSR count). The van der Waals surface area contributed by atoms with Gasteiger partial charge >= 0.3 is 0 Å². The third-order valence-corrected chi connectivity index (χ3v) is 2.86. The molecule has 18 heavy (non-hydrogen) atoms. The topological polar surface area (TPSA) is 50.9 Å². The maximum atomic E-state index is 13.5. The maximum absolute atomic E-state index is 13.5. The number of benzene rings is 1. The minimum absolute atomic E-state index is 0.232. The molecule has 0 saturated heterocycles. The smallest absolute Gasteiger partial charge is 0.128 e. The van der Waals surface area contributed by atoms with Gasteiger partial charge in [0.25, 0.3) is 0 Å². The molecule has 1 atom stereocenters. The molecule has 0 bridgehead atoms. The van der Waals surface area contributed by atoms with Gasteiger partial charge in [-0.25, -0.2) is 9.07 Å². The lowest BCUT2D eigenvalue weighted by atomic mass is 10.2. The highest BCUT2D eigenvalue weighted by Crippen LogP contribution is 2.17. The van der Waals surface area contributed by atoms with E-state index in [1.54, 1.807) is 12.3 Å². The zero-order chi connectivity index (χ0) is 13.1. The molecule has 1 unspecified atom stereocenters. The van der Waals surface area contributed by atoms with Crippen molar-refractivity contribution in [2.45, 2.75) is 26.0 Å². The van der Waals surface area contributed by atoms with E-state index in [-0.39, 0.29) is 12.4 Å². The molecule has 4 nitrogen and oxygen atoms in total. The molecule has 0 radical (unpaired) electrons. The van der Waals surface area contributed by atoms with Crippen LogP contribution in [0.1, 0.15) is 30.7 Å². The Bertz CT molecular complexity index is 544. The van der Waals surface area contributed by atoms with Crippen molar-refractivity contribution in [2.24, 2.45) is 0 Å². The number of hydrogen-bond acceptors (Lipinski definition) is 3. The number of nitrogens with zero attached hydrogens (tertiary/aromatic N) is 3. The highest BCUT2D eigenvalue weighted by molar-refractivity contribution is 6.30. The van der Waals surface area contributed by atoms with E-state index in [2.05, 4.69) is 10.3 Å². The van der Waals surface area contributed by atoms with E-state index in [0.29, 0.717) is 22.7 Å². The van der Waals surface area contributed by atoms with Crippen molar-refractivity contribution < 1.29 is 9.50 Å². The Hall–Kier alpha value is -1.46. The van der Waals surface area contributed by atoms with E-state index >= 15 is 0 Å². The van der Waals surface area contributed by atoms with Gasteiger partial charge in [-0.15, -0.1) is 5.10 Å². The summed E-state index contributed by atoms with van der Waals surface area (Å²) in [6, 6.07) is 4.36. The van der Waals surface area contributed by atoms with Gasteiger partial charge < -0.3 is 5.11 Å². The van der Waals surface area contributed by atoms with Gasteiger partial charge in [-0.05, 0) is 24.6 Å². The predicted octanol–water partition coefficient (Wildman–Crippen LogP) is 2.56. The second kappa shape index (κ2) is 5.46. The molecule has 1 aromatic carbocycles. The molecule has 1 N–H and O–H groups in total. The normalized spacial score (nSPS) is 12.7. The van der Waals surface area contributed by atoms with Crippen LogP contribution in [0.15, 0.2) is 24.4 Å². The van der Waals surface area contributed by atoms with Crippen molar-refractivity contribution in [3.8, 4) is 0 Å². The lowest BCUT2D eigenvalue weighted by molar-refractivity contribution is 0.168. The van der Waals surface area contributed by atoms with Crippen LogP contribution in [0.4, 0.5) is 4.39 Å². The number of aliphatic hydroxyl groups excluding tert-OH is 1. The molecule has 96 valence electrons. The van der Waals surface area contributed by atoms with Crippen LogP contribution in [0.3, 0.4) is 0 Å². The second-order valence-corrected chi connectivity index (χ2v) is 4.44. The van der Waals surface area contributed by atoms with Crippen LogP contribution in [0.25, 0.3) is 0 Å². The van der Waals surface area contributed by atoms with E-state index < -0.39 is 6.10 Å². The molecule has 0 spiro atoms. The van der Waals surface area contributed by atoms with Gasteiger partial charge in [-0.1, -0.05) is 23.7 Å². The Morgan fingerprint density at radius 3 is 3.00 bits per heavy atom. The summed E-state index contributed by atoms with van der Waals surface area (Å²) in [4.78, 5) is 0. The molecule has 0 aliphatic carbocycles. The van der Waals surface area contributed by atoms with E-state index in [0.717, 1.165) is 0 Å². The summed E-state index contributed by atoms with van der Waals surface area (Å²) in [7, 11) is 0. The Balaban J connectivity index is 2.18. The maximum Gasteiger partial charge on any atom is 0.128 e. The van der Waals surface area contributed by atoms with Crippen molar-refractivity contribution in [1.29, 1.82) is 0 Å². The molecule has 6 heteroatoms. The monoisotopic (exact) mass is 269 g/mol. The van der Waals surface area contributed by atoms with Crippen LogP contribution in [-0.4, -0.2) is 20.1 Å². The summed E-state index contributed by atoms with van der Waals surface area (Å²) in [5, 5.41) is 17.8. The van der Waals surface area contributed by atoms with Crippen LogP contribution in [0, 0.1) is 5.82 Å². The van der Waals surface area contributed by atoms with Crippen LogP contribution in [-0.2, 0) is 6.54 Å². The Morgan fingerprint density at radius 2 is 2.28 bits per heavy atom. The van der Waals surface area contributed by atoms with E-state index in [4.69, 9.17) is 11.6 Å². The molecule has 1 aromatic heterocycles. The quantitative estimate of drug-likeness (QED) is 0.928. The van der Waals surface area contributed by atoms with Crippen LogP contribution in [0.2, 0.25) is 5.02 Å². The Morgan fingerprint density at radius 1 is 1.50 bits per heavy atom. The van der Waals surface area contributed by atoms with Crippen LogP contribution in [0.5, 0.6) is 0 Å². The Labute approximate surface area is 109 Å². The zero-order valence-electron chi connectivity index (χ0n) is 9.85. The fourth-order valence-corrected chi connectivity index (χ4v) is 1.79. The molecular weight excluding hydrogens is 257 g/mol. The summed E-state index contributed by atoms with van der Waals surface area (Å²) >= 11 is 5.81. The SMILES string of the molecule is CCC(O)c1cn(Cc2cc(Cl)ccc2F)nn1. The zero-order valence-corrected chi connectivity index (χ0v) is 10.6. The average Bonchev–Trinajstić information content (AvgIpc) is 2.81. The number of aliphatic hydroxyl groups is 1. The van der Waals surface area contributed by atoms with Crippen LogP contribution >= 0.6 is 11.6 Å². The highest BCUT2D eigenvalue weighted by atomic mass is 35.5. The standard InChI is InChI=1S/C12H13ClFN3O/c1-2-12(18)11-7-17(16-15-11)6-8-5-9(13)3-4-10(8)14/h3-5,7,12,18H,2,6H2,1H3. The van der Waals surface area contributed by atoms with Gasteiger partial charge in [0.05, 0.1) is 18.8 Å². The van der Waals surface area contributed by atoms with E-state index in [1.165, 1.54) is 16.8 Å². The third-order valence-electron chi connectivity index (χ3n) is 2.62. The van der Waals surface area contributed by atoms with Gasteiger partial charge in [-0.2, -0.15) is 0 Å². The highest BCUT2D eigenvalue weighted by Gasteiger charge is 2.11. The number of hydrogen-bond donors (Lipinski definition) is 1. The van der Waals surface area contributed by atoms with Crippen molar-refractivity contribution in [1.82, 2.24) is 15.0 Å². The second-order valence-electron chi connectivity index (χ2n) is 4.00. The molecule has 1 heterocycles. The van der Waals surface area contributed by atoms with Gasteiger partial charge in [0.15, 0.2) is 0 Å². The minimum Gasteiger partial charge on any atom is -0.387 e. The van der Waals surface area contributed by atoms with Crippen molar-refractivity contribution in [3.05, 3.63) is 46.5 Å². The Kier molecular flexibility index (Phi) is 3.93. The third kappa shape index (κ3) is 2.86. The molecular formula is C12H13ClFN3O. The first-order valence-electron chi connectivity index (χ1n) is 5.62. The van der Waals surface area contributed by atoms with E-state index in [1.807, 2.05) is 6.92 Å². The van der Waals surface area contributed by atoms with Crippen molar-refractivity contribution >= 4 is 11.6 Å².